The first kappa shape index (κ1) is 15.8. The third kappa shape index (κ3) is 3.25. The van der Waals surface area contributed by atoms with Crippen LogP contribution in [0.5, 0.6) is 0 Å². The number of imidazole rings is 1. The van der Waals surface area contributed by atoms with Crippen LogP contribution in [-0.4, -0.2) is 20.5 Å². The predicted molar refractivity (Wildman–Crippen MR) is 98.7 cm³/mol. The molecule has 6 nitrogen and oxygen atoms in total. The molecule has 6 heteroatoms. The van der Waals surface area contributed by atoms with Crippen molar-refractivity contribution < 1.29 is 9.53 Å². The Morgan fingerprint density at radius 2 is 1.73 bits per heavy atom. The Bertz CT molecular complexity index is 1030. The Kier molecular flexibility index (Phi) is 4.30. The Hall–Kier alpha value is -3.67. The molecule has 0 bridgehead atoms. The van der Waals surface area contributed by atoms with Crippen LogP contribution in [0.2, 0.25) is 0 Å². The summed E-state index contributed by atoms with van der Waals surface area (Å²) in [6.07, 6.45) is 2.92. The highest BCUT2D eigenvalue weighted by Crippen LogP contribution is 2.28. The monoisotopic (exact) mass is 344 g/mol. The number of ether oxygens (including phenoxy) is 1. The number of benzene rings is 2. The van der Waals surface area contributed by atoms with Gasteiger partial charge in [-0.05, 0) is 11.6 Å². The van der Waals surface area contributed by atoms with Gasteiger partial charge in [-0.25, -0.2) is 14.8 Å². The van der Waals surface area contributed by atoms with Gasteiger partial charge in [-0.3, -0.25) is 9.72 Å². The molecule has 0 saturated carbocycles. The number of aromatic nitrogens is 3. The van der Waals surface area contributed by atoms with E-state index in [1.54, 1.807) is 22.9 Å². The van der Waals surface area contributed by atoms with E-state index in [1.165, 1.54) is 0 Å². The second-order valence-corrected chi connectivity index (χ2v) is 5.65. The summed E-state index contributed by atoms with van der Waals surface area (Å²) in [5.41, 5.74) is 2.45. The largest absolute Gasteiger partial charge is 0.444 e. The fourth-order valence-corrected chi connectivity index (χ4v) is 2.66. The second kappa shape index (κ2) is 7.06. The number of carbonyl (C=O) groups is 1. The van der Waals surface area contributed by atoms with Crippen molar-refractivity contribution in [3.05, 3.63) is 84.7 Å². The zero-order valence-electron chi connectivity index (χ0n) is 13.9. The first-order valence-corrected chi connectivity index (χ1v) is 8.17. The average molecular weight is 344 g/mol. The molecule has 26 heavy (non-hydrogen) atoms. The lowest BCUT2D eigenvalue weighted by Crippen LogP contribution is -2.15. The van der Waals surface area contributed by atoms with Gasteiger partial charge in [0.2, 0.25) is 5.78 Å². The van der Waals surface area contributed by atoms with Crippen molar-refractivity contribution in [1.29, 1.82) is 0 Å². The highest BCUT2D eigenvalue weighted by molar-refractivity contribution is 5.90. The summed E-state index contributed by atoms with van der Waals surface area (Å²) in [5, 5.41) is 2.80. The van der Waals surface area contributed by atoms with Crippen molar-refractivity contribution in [2.75, 3.05) is 5.32 Å². The van der Waals surface area contributed by atoms with Gasteiger partial charge in [-0.2, -0.15) is 0 Å². The van der Waals surface area contributed by atoms with Crippen LogP contribution in [0.1, 0.15) is 5.56 Å². The molecular formula is C20H16N4O2. The lowest BCUT2D eigenvalue weighted by atomic mass is 10.1. The maximum Gasteiger partial charge on any atom is 0.413 e. The van der Waals surface area contributed by atoms with Crippen LogP contribution in [0, 0.1) is 0 Å². The van der Waals surface area contributed by atoms with Crippen molar-refractivity contribution in [3.8, 4) is 11.3 Å². The molecule has 0 radical (unpaired) electrons. The van der Waals surface area contributed by atoms with Gasteiger partial charge < -0.3 is 4.74 Å². The molecule has 0 atom stereocenters. The molecule has 0 aliphatic rings. The zero-order chi connectivity index (χ0) is 17.8. The number of rotatable bonds is 4. The van der Waals surface area contributed by atoms with Crippen LogP contribution in [0.25, 0.3) is 17.0 Å². The number of amides is 1. The average Bonchev–Trinajstić information content (AvgIpc) is 3.06. The molecule has 0 saturated heterocycles. The van der Waals surface area contributed by atoms with E-state index >= 15 is 0 Å². The van der Waals surface area contributed by atoms with Crippen LogP contribution < -0.4 is 5.32 Å². The number of hydrogen-bond acceptors (Lipinski definition) is 4. The van der Waals surface area contributed by atoms with Gasteiger partial charge >= 0.3 is 6.09 Å². The van der Waals surface area contributed by atoms with E-state index in [1.807, 2.05) is 60.7 Å². The summed E-state index contributed by atoms with van der Waals surface area (Å²) in [6.45, 7) is 0.197. The zero-order valence-corrected chi connectivity index (χ0v) is 13.9. The number of nitrogens with one attached hydrogen (secondary N) is 1. The molecule has 128 valence electrons. The first-order valence-electron chi connectivity index (χ1n) is 8.17. The number of fused-ring (bicyclic) bond motifs is 1. The quantitative estimate of drug-likeness (QED) is 0.604. The molecule has 0 fully saturated rings. The summed E-state index contributed by atoms with van der Waals surface area (Å²) in [6, 6.07) is 20.9. The van der Waals surface area contributed by atoms with E-state index in [0.717, 1.165) is 11.1 Å². The van der Waals surface area contributed by atoms with E-state index in [0.29, 0.717) is 17.3 Å². The molecule has 0 spiro atoms. The minimum absolute atomic E-state index is 0.197. The highest BCUT2D eigenvalue weighted by atomic mass is 16.5. The van der Waals surface area contributed by atoms with Gasteiger partial charge in [0.05, 0.1) is 0 Å². The van der Waals surface area contributed by atoms with Crippen LogP contribution in [0.4, 0.5) is 10.6 Å². The molecule has 1 amide bonds. The molecule has 0 unspecified atom stereocenters. The predicted octanol–water partition coefficient (Wildman–Crippen LogP) is 4.15. The van der Waals surface area contributed by atoms with Crippen molar-refractivity contribution in [3.63, 3.8) is 0 Å². The fraction of sp³-hybridized carbons (Fsp3) is 0.0500. The molecule has 0 aliphatic carbocycles. The molecule has 4 rings (SSSR count). The smallest absolute Gasteiger partial charge is 0.413 e. The number of anilines is 1. The summed E-state index contributed by atoms with van der Waals surface area (Å²) in [7, 11) is 0. The topological polar surface area (TPSA) is 68.5 Å². The summed E-state index contributed by atoms with van der Waals surface area (Å²) < 4.78 is 7.06. The van der Waals surface area contributed by atoms with Crippen LogP contribution in [0.15, 0.2) is 79.1 Å². The minimum Gasteiger partial charge on any atom is -0.444 e. The Morgan fingerprint density at radius 1 is 1.00 bits per heavy atom. The van der Waals surface area contributed by atoms with Gasteiger partial charge in [0.15, 0.2) is 0 Å². The number of hydrogen-bond donors (Lipinski definition) is 1. The molecule has 0 aliphatic heterocycles. The highest BCUT2D eigenvalue weighted by Gasteiger charge is 2.17. The van der Waals surface area contributed by atoms with E-state index in [9.17, 15) is 4.79 Å². The Labute approximate surface area is 150 Å². The maximum atomic E-state index is 12.3. The van der Waals surface area contributed by atoms with Crippen molar-refractivity contribution in [2.24, 2.45) is 0 Å². The van der Waals surface area contributed by atoms with Gasteiger partial charge in [0.1, 0.15) is 18.1 Å². The number of nitrogens with zero attached hydrogens (tertiary/aromatic N) is 3. The lowest BCUT2D eigenvalue weighted by Gasteiger charge is -2.08. The van der Waals surface area contributed by atoms with Crippen molar-refractivity contribution >= 4 is 17.7 Å². The van der Waals surface area contributed by atoms with E-state index in [2.05, 4.69) is 15.3 Å². The molecule has 4 aromatic rings. The first-order chi connectivity index (χ1) is 12.8. The van der Waals surface area contributed by atoms with Crippen LogP contribution >= 0.6 is 0 Å². The molecule has 1 N–H and O–H groups in total. The van der Waals surface area contributed by atoms with Gasteiger partial charge in [-0.15, -0.1) is 0 Å². The van der Waals surface area contributed by atoms with Crippen molar-refractivity contribution in [1.82, 2.24) is 14.4 Å². The van der Waals surface area contributed by atoms with Crippen LogP contribution in [-0.2, 0) is 11.3 Å². The van der Waals surface area contributed by atoms with Gasteiger partial charge in [0, 0.05) is 18.0 Å². The normalized spacial score (nSPS) is 10.6. The Balaban J connectivity index is 1.61. The summed E-state index contributed by atoms with van der Waals surface area (Å²) >= 11 is 0. The van der Waals surface area contributed by atoms with Gasteiger partial charge in [0.25, 0.3) is 0 Å². The maximum absolute atomic E-state index is 12.3. The van der Waals surface area contributed by atoms with E-state index < -0.39 is 6.09 Å². The second-order valence-electron chi connectivity index (χ2n) is 5.65. The van der Waals surface area contributed by atoms with Crippen molar-refractivity contribution in [2.45, 2.75) is 6.61 Å². The third-order valence-corrected chi connectivity index (χ3v) is 3.88. The molecule has 2 heterocycles. The van der Waals surface area contributed by atoms with Crippen LogP contribution in [0.3, 0.4) is 0 Å². The van der Waals surface area contributed by atoms with Gasteiger partial charge in [-0.1, -0.05) is 60.7 Å². The Morgan fingerprint density at radius 3 is 2.50 bits per heavy atom. The SMILES string of the molecule is O=C(Nc1c(-c2ccccc2)nc2ncccn12)OCc1ccccc1. The number of carbonyl (C=O) groups excluding carboxylic acids is 1. The summed E-state index contributed by atoms with van der Waals surface area (Å²) in [4.78, 5) is 21.1. The molecule has 2 aromatic heterocycles. The fourth-order valence-electron chi connectivity index (χ4n) is 2.66. The summed E-state index contributed by atoms with van der Waals surface area (Å²) in [5.74, 6) is 1.03. The molecular weight excluding hydrogens is 328 g/mol. The van der Waals surface area contributed by atoms with E-state index in [4.69, 9.17) is 4.74 Å². The molecule has 2 aromatic carbocycles. The van der Waals surface area contributed by atoms with E-state index in [-0.39, 0.29) is 6.61 Å². The standard InChI is InChI=1S/C20H16N4O2/c25-20(26-14-15-8-3-1-4-9-15)23-18-17(16-10-5-2-6-11-16)22-19-21-12-7-13-24(18)19/h1-13H,14H2,(H,23,25). The lowest BCUT2D eigenvalue weighted by molar-refractivity contribution is 0.155. The third-order valence-electron chi connectivity index (χ3n) is 3.88. The minimum atomic E-state index is -0.545.